The highest BCUT2D eigenvalue weighted by molar-refractivity contribution is 14.0. The van der Waals surface area contributed by atoms with E-state index in [-0.39, 0.29) is 42.9 Å². The molecule has 0 aliphatic rings. The number of sulfone groups is 1. The maximum Gasteiger partial charge on any atom is 0.411 e. The van der Waals surface area contributed by atoms with Crippen molar-refractivity contribution in [3.8, 4) is 0 Å². The van der Waals surface area contributed by atoms with E-state index in [0.717, 1.165) is 5.56 Å². The molecule has 11 heteroatoms. The smallest absolute Gasteiger partial charge is 0.367 e. The van der Waals surface area contributed by atoms with Crippen molar-refractivity contribution in [3.63, 3.8) is 0 Å². The summed E-state index contributed by atoms with van der Waals surface area (Å²) in [6.07, 6.45) is -4.34. The van der Waals surface area contributed by atoms with Crippen molar-refractivity contribution in [1.29, 1.82) is 0 Å². The molecule has 0 fully saturated rings. The molecule has 0 bridgehead atoms. The molecule has 0 aliphatic heterocycles. The molecule has 1 aromatic rings. The third-order valence-electron chi connectivity index (χ3n) is 3.92. The van der Waals surface area contributed by atoms with Crippen molar-refractivity contribution in [2.75, 3.05) is 25.4 Å². The zero-order chi connectivity index (χ0) is 22.1. The fourth-order valence-electron chi connectivity index (χ4n) is 2.15. The molecule has 1 aromatic carbocycles. The quantitative estimate of drug-likeness (QED) is 0.272. The van der Waals surface area contributed by atoms with Gasteiger partial charge in [0.1, 0.15) is 6.61 Å². The van der Waals surface area contributed by atoms with Crippen LogP contribution in [0.2, 0.25) is 0 Å². The minimum Gasteiger partial charge on any atom is -0.367 e. The molecule has 0 spiro atoms. The van der Waals surface area contributed by atoms with Gasteiger partial charge in [-0.2, -0.15) is 13.2 Å². The predicted molar refractivity (Wildman–Crippen MR) is 124 cm³/mol. The maximum absolute atomic E-state index is 12.2. The van der Waals surface area contributed by atoms with Gasteiger partial charge in [-0.1, -0.05) is 24.3 Å². The van der Waals surface area contributed by atoms with Gasteiger partial charge in [0.2, 0.25) is 0 Å². The Hall–Kier alpha value is -1.08. The second kappa shape index (κ2) is 12.7. The van der Waals surface area contributed by atoms with Crippen LogP contribution < -0.4 is 10.6 Å². The average molecular weight is 565 g/mol. The van der Waals surface area contributed by atoms with E-state index in [4.69, 9.17) is 0 Å². The van der Waals surface area contributed by atoms with E-state index >= 15 is 0 Å². The minimum atomic E-state index is -4.34. The number of rotatable bonds is 9. The summed E-state index contributed by atoms with van der Waals surface area (Å²) in [7, 11) is -3.22. The van der Waals surface area contributed by atoms with Gasteiger partial charge < -0.3 is 15.4 Å². The number of alkyl halides is 3. The molecule has 174 valence electrons. The van der Waals surface area contributed by atoms with E-state index in [1.807, 2.05) is 6.92 Å². The van der Waals surface area contributed by atoms with Crippen LogP contribution >= 0.6 is 24.0 Å². The number of nitrogens with one attached hydrogen (secondary N) is 2. The van der Waals surface area contributed by atoms with Crippen LogP contribution in [0.5, 0.6) is 0 Å². The molecular formula is C19H31F3IN3O3S. The Morgan fingerprint density at radius 3 is 2.13 bits per heavy atom. The van der Waals surface area contributed by atoms with Crippen LogP contribution in [0.15, 0.2) is 29.3 Å². The molecule has 0 saturated heterocycles. The van der Waals surface area contributed by atoms with Gasteiger partial charge in [-0.05, 0) is 38.8 Å². The first-order valence-electron chi connectivity index (χ1n) is 9.31. The summed E-state index contributed by atoms with van der Waals surface area (Å²) in [5.41, 5.74) is 1.50. The summed E-state index contributed by atoms with van der Waals surface area (Å²) in [5, 5.41) is 6.05. The zero-order valence-electron chi connectivity index (χ0n) is 17.7. The summed E-state index contributed by atoms with van der Waals surface area (Å²) >= 11 is 0. The molecule has 0 amide bonds. The lowest BCUT2D eigenvalue weighted by molar-refractivity contribution is -0.176. The van der Waals surface area contributed by atoms with E-state index in [9.17, 15) is 21.6 Å². The fourth-order valence-corrected chi connectivity index (χ4v) is 3.13. The SMILES string of the molecule is CCNC(=NCc1ccc(COCC(F)(F)F)cc1)NCCS(=O)(=O)C(C)(C)C.I. The van der Waals surface area contributed by atoms with E-state index < -0.39 is 27.4 Å². The van der Waals surface area contributed by atoms with Crippen LogP contribution in [0, 0.1) is 0 Å². The lowest BCUT2D eigenvalue weighted by Gasteiger charge is -2.19. The molecule has 6 nitrogen and oxygen atoms in total. The Balaban J connectivity index is 0.00000841. The molecule has 0 heterocycles. The van der Waals surface area contributed by atoms with Crippen molar-refractivity contribution in [3.05, 3.63) is 35.4 Å². The predicted octanol–water partition coefficient (Wildman–Crippen LogP) is 3.65. The van der Waals surface area contributed by atoms with Crippen molar-refractivity contribution in [1.82, 2.24) is 10.6 Å². The largest absolute Gasteiger partial charge is 0.411 e. The third kappa shape index (κ3) is 11.3. The van der Waals surface area contributed by atoms with E-state index in [0.29, 0.717) is 24.6 Å². The Labute approximate surface area is 194 Å². The Kier molecular flexibility index (Phi) is 12.2. The van der Waals surface area contributed by atoms with Crippen LogP contribution in [-0.2, 0) is 27.7 Å². The molecule has 0 aromatic heterocycles. The first kappa shape index (κ1) is 28.9. The minimum absolute atomic E-state index is 0. The van der Waals surface area contributed by atoms with Gasteiger partial charge in [0, 0.05) is 13.1 Å². The highest BCUT2D eigenvalue weighted by Gasteiger charge is 2.28. The number of nitrogens with zero attached hydrogens (tertiary/aromatic N) is 1. The number of ether oxygens (including phenoxy) is 1. The second-order valence-electron chi connectivity index (χ2n) is 7.48. The van der Waals surface area contributed by atoms with Crippen LogP contribution in [0.1, 0.15) is 38.8 Å². The van der Waals surface area contributed by atoms with Gasteiger partial charge in [0.05, 0.1) is 23.7 Å². The standard InChI is InChI=1S/C19H30F3N3O3S.HI/c1-5-23-17(24-10-11-29(26,27)18(2,3)4)25-12-15-6-8-16(9-7-15)13-28-14-19(20,21)22;/h6-9H,5,10-14H2,1-4H3,(H2,23,24,25);1H. The lowest BCUT2D eigenvalue weighted by atomic mass is 10.1. The normalized spacial score (nSPS) is 13.0. The molecule has 0 radical (unpaired) electrons. The topological polar surface area (TPSA) is 79.8 Å². The summed E-state index contributed by atoms with van der Waals surface area (Å²) in [4.78, 5) is 4.41. The number of aliphatic imine (C=N–C) groups is 1. The van der Waals surface area contributed by atoms with Crippen molar-refractivity contribution in [2.45, 2.75) is 51.8 Å². The third-order valence-corrected chi connectivity index (χ3v) is 6.53. The summed E-state index contributed by atoms with van der Waals surface area (Å²) in [6.45, 7) is 6.70. The first-order chi connectivity index (χ1) is 13.3. The maximum atomic E-state index is 12.2. The van der Waals surface area contributed by atoms with Gasteiger partial charge in [-0.15, -0.1) is 24.0 Å². The summed E-state index contributed by atoms with van der Waals surface area (Å²) < 4.78 is 64.4. The van der Waals surface area contributed by atoms with Crippen molar-refractivity contribution >= 4 is 39.8 Å². The lowest BCUT2D eigenvalue weighted by Crippen LogP contribution is -2.41. The molecule has 2 N–H and O–H groups in total. The highest BCUT2D eigenvalue weighted by Crippen LogP contribution is 2.16. The van der Waals surface area contributed by atoms with Crippen molar-refractivity contribution < 1.29 is 26.3 Å². The van der Waals surface area contributed by atoms with Crippen molar-refractivity contribution in [2.24, 2.45) is 4.99 Å². The molecule has 0 aliphatic carbocycles. The monoisotopic (exact) mass is 565 g/mol. The number of hydrogen-bond acceptors (Lipinski definition) is 4. The fraction of sp³-hybridized carbons (Fsp3) is 0.632. The molecule has 30 heavy (non-hydrogen) atoms. The summed E-state index contributed by atoms with van der Waals surface area (Å²) in [5.74, 6) is 0.488. The molecular weight excluding hydrogens is 534 g/mol. The van der Waals surface area contributed by atoms with Crippen LogP contribution in [0.4, 0.5) is 13.2 Å². The van der Waals surface area contributed by atoms with Crippen LogP contribution in [0.25, 0.3) is 0 Å². The number of guanidine groups is 1. The molecule has 0 atom stereocenters. The summed E-state index contributed by atoms with van der Waals surface area (Å²) in [6, 6.07) is 6.92. The van der Waals surface area contributed by atoms with Crippen LogP contribution in [0.3, 0.4) is 0 Å². The number of benzene rings is 1. The molecule has 1 rings (SSSR count). The van der Waals surface area contributed by atoms with Crippen LogP contribution in [-0.4, -0.2) is 50.7 Å². The average Bonchev–Trinajstić information content (AvgIpc) is 2.58. The van der Waals surface area contributed by atoms with Gasteiger partial charge in [-0.25, -0.2) is 13.4 Å². The van der Waals surface area contributed by atoms with Gasteiger partial charge >= 0.3 is 6.18 Å². The second-order valence-corrected chi connectivity index (χ2v) is 10.3. The van der Waals surface area contributed by atoms with E-state index in [1.165, 1.54) is 0 Å². The molecule has 0 unspecified atom stereocenters. The Morgan fingerprint density at radius 2 is 1.63 bits per heavy atom. The Morgan fingerprint density at radius 1 is 1.07 bits per heavy atom. The van der Waals surface area contributed by atoms with Gasteiger partial charge in [0.15, 0.2) is 15.8 Å². The highest BCUT2D eigenvalue weighted by atomic mass is 127. The Bertz CT molecular complexity index is 762. The number of halogens is 4. The first-order valence-corrected chi connectivity index (χ1v) is 11.0. The van der Waals surface area contributed by atoms with Gasteiger partial charge in [-0.3, -0.25) is 0 Å². The van der Waals surface area contributed by atoms with E-state index in [1.54, 1.807) is 45.0 Å². The van der Waals surface area contributed by atoms with Gasteiger partial charge in [0.25, 0.3) is 0 Å². The number of hydrogen-bond donors (Lipinski definition) is 2. The molecule has 0 saturated carbocycles. The van der Waals surface area contributed by atoms with E-state index in [2.05, 4.69) is 20.4 Å². The zero-order valence-corrected chi connectivity index (χ0v) is 20.8.